The maximum Gasteiger partial charge on any atom is 0.272 e. The highest BCUT2D eigenvalue weighted by atomic mass is 35.5. The predicted octanol–water partition coefficient (Wildman–Crippen LogP) is 8.48. The van der Waals surface area contributed by atoms with E-state index in [0.717, 1.165) is 10.5 Å². The van der Waals surface area contributed by atoms with Crippen molar-refractivity contribution in [3.05, 3.63) is 128 Å². The van der Waals surface area contributed by atoms with Gasteiger partial charge in [0.15, 0.2) is 0 Å². The summed E-state index contributed by atoms with van der Waals surface area (Å²) in [5.41, 5.74) is 2.81. The van der Waals surface area contributed by atoms with E-state index in [4.69, 9.17) is 34.8 Å². The number of thioether (sulfide) groups is 1. The van der Waals surface area contributed by atoms with E-state index in [0.29, 0.717) is 32.5 Å². The van der Waals surface area contributed by atoms with Gasteiger partial charge >= 0.3 is 0 Å². The van der Waals surface area contributed by atoms with Crippen molar-refractivity contribution in [1.82, 2.24) is 5.32 Å². The lowest BCUT2D eigenvalue weighted by atomic mass is 10.1. The lowest BCUT2D eigenvalue weighted by molar-refractivity contribution is -0.115. The van der Waals surface area contributed by atoms with Crippen LogP contribution in [0.3, 0.4) is 0 Å². The smallest absolute Gasteiger partial charge is 0.272 e. The van der Waals surface area contributed by atoms with Crippen molar-refractivity contribution in [3.63, 3.8) is 0 Å². The minimum Gasteiger partial charge on any atom is -0.325 e. The van der Waals surface area contributed by atoms with E-state index in [1.807, 2.05) is 19.1 Å². The number of amides is 3. The van der Waals surface area contributed by atoms with Crippen LogP contribution in [0.5, 0.6) is 0 Å². The zero-order valence-corrected chi connectivity index (χ0v) is 25.7. The van der Waals surface area contributed by atoms with Crippen LogP contribution in [0.2, 0.25) is 15.1 Å². The number of rotatable bonds is 9. The molecule has 0 aliphatic carbocycles. The largest absolute Gasteiger partial charge is 0.325 e. The van der Waals surface area contributed by atoms with E-state index >= 15 is 0 Å². The average molecular weight is 639 g/mol. The number of hydrogen-bond donors (Lipinski definition) is 3. The van der Waals surface area contributed by atoms with Crippen LogP contribution in [0.15, 0.2) is 102 Å². The Morgan fingerprint density at radius 3 is 2.24 bits per heavy atom. The van der Waals surface area contributed by atoms with Crippen molar-refractivity contribution in [2.45, 2.75) is 24.0 Å². The minimum atomic E-state index is -0.570. The zero-order valence-electron chi connectivity index (χ0n) is 22.6. The number of benzene rings is 4. The lowest BCUT2D eigenvalue weighted by Gasteiger charge is -2.14. The summed E-state index contributed by atoms with van der Waals surface area (Å²) in [6, 6.07) is 26.0. The van der Waals surface area contributed by atoms with Crippen LogP contribution < -0.4 is 16.0 Å². The molecule has 0 radical (unpaired) electrons. The highest BCUT2D eigenvalue weighted by molar-refractivity contribution is 8.00. The van der Waals surface area contributed by atoms with E-state index in [1.165, 1.54) is 17.8 Å². The molecular formula is C32H26Cl3N3O3S. The fourth-order valence-electron chi connectivity index (χ4n) is 3.75. The van der Waals surface area contributed by atoms with Crippen LogP contribution in [0.1, 0.15) is 28.4 Å². The van der Waals surface area contributed by atoms with Gasteiger partial charge in [0.25, 0.3) is 11.8 Å². The second-order valence-electron chi connectivity index (χ2n) is 9.22. The number of aryl methyl sites for hydroxylation is 1. The van der Waals surface area contributed by atoms with Gasteiger partial charge in [-0.3, -0.25) is 14.4 Å². The van der Waals surface area contributed by atoms with Crippen LogP contribution in [0, 0.1) is 6.92 Å². The standard InChI is InChI=1S/C32H26Cl3N3O3S/c1-19-14-15-24(18-27(19)34)36-30(39)20(2)42-25-12-7-11-23(17-25)37-32(41)28(16-22-10-6-13-26(33)29(22)35)38-31(40)21-8-4-3-5-9-21/h3-18,20H,1-2H3,(H,36,39)(H,37,41)(H,38,40)/b28-16+. The Kier molecular flexibility index (Phi) is 10.7. The molecular weight excluding hydrogens is 613 g/mol. The molecule has 0 spiro atoms. The van der Waals surface area contributed by atoms with Crippen molar-refractivity contribution in [3.8, 4) is 0 Å². The highest BCUT2D eigenvalue weighted by Gasteiger charge is 2.18. The molecule has 0 aromatic heterocycles. The summed E-state index contributed by atoms with van der Waals surface area (Å²) >= 11 is 20.0. The lowest BCUT2D eigenvalue weighted by Crippen LogP contribution is -2.30. The van der Waals surface area contributed by atoms with E-state index in [1.54, 1.807) is 85.8 Å². The molecule has 3 N–H and O–H groups in total. The predicted molar refractivity (Wildman–Crippen MR) is 174 cm³/mol. The van der Waals surface area contributed by atoms with Gasteiger partial charge in [0, 0.05) is 26.9 Å². The first kappa shape index (κ1) is 31.2. The average Bonchev–Trinajstić information content (AvgIpc) is 2.97. The normalized spacial score (nSPS) is 11.9. The molecule has 0 saturated carbocycles. The molecule has 4 rings (SSSR count). The van der Waals surface area contributed by atoms with Crippen LogP contribution >= 0.6 is 46.6 Å². The molecule has 42 heavy (non-hydrogen) atoms. The first-order valence-electron chi connectivity index (χ1n) is 12.8. The summed E-state index contributed by atoms with van der Waals surface area (Å²) in [6.07, 6.45) is 1.47. The van der Waals surface area contributed by atoms with Gasteiger partial charge in [-0.25, -0.2) is 0 Å². The van der Waals surface area contributed by atoms with Crippen molar-refractivity contribution < 1.29 is 14.4 Å². The maximum atomic E-state index is 13.4. The van der Waals surface area contributed by atoms with E-state index in [9.17, 15) is 14.4 Å². The van der Waals surface area contributed by atoms with Gasteiger partial charge in [-0.2, -0.15) is 0 Å². The summed E-state index contributed by atoms with van der Waals surface area (Å²) in [5.74, 6) is -1.23. The quantitative estimate of drug-likeness (QED) is 0.127. The molecule has 10 heteroatoms. The van der Waals surface area contributed by atoms with Gasteiger partial charge < -0.3 is 16.0 Å². The first-order valence-corrected chi connectivity index (χ1v) is 14.8. The van der Waals surface area contributed by atoms with Crippen molar-refractivity contribution >= 4 is 81.7 Å². The third kappa shape index (κ3) is 8.39. The van der Waals surface area contributed by atoms with Crippen molar-refractivity contribution in [2.24, 2.45) is 0 Å². The van der Waals surface area contributed by atoms with Gasteiger partial charge in [-0.05, 0) is 79.6 Å². The molecule has 0 saturated heterocycles. The summed E-state index contributed by atoms with van der Waals surface area (Å²) in [5, 5.41) is 9.06. The molecule has 4 aromatic rings. The molecule has 214 valence electrons. The van der Waals surface area contributed by atoms with Gasteiger partial charge in [0.05, 0.1) is 15.3 Å². The molecule has 1 unspecified atom stereocenters. The Bertz CT molecular complexity index is 1660. The monoisotopic (exact) mass is 637 g/mol. The second-order valence-corrected chi connectivity index (χ2v) is 11.8. The van der Waals surface area contributed by atoms with Crippen LogP contribution in [0.25, 0.3) is 6.08 Å². The fourth-order valence-corrected chi connectivity index (χ4v) is 5.22. The topological polar surface area (TPSA) is 87.3 Å². The molecule has 0 aliphatic rings. The van der Waals surface area contributed by atoms with E-state index in [2.05, 4.69) is 16.0 Å². The number of anilines is 2. The zero-order chi connectivity index (χ0) is 30.2. The number of halogens is 3. The molecule has 0 heterocycles. The van der Waals surface area contributed by atoms with E-state index in [-0.39, 0.29) is 16.6 Å². The maximum absolute atomic E-state index is 13.4. The Morgan fingerprint density at radius 2 is 1.50 bits per heavy atom. The minimum absolute atomic E-state index is 0.0319. The number of carbonyl (C=O) groups is 3. The molecule has 4 aromatic carbocycles. The van der Waals surface area contributed by atoms with E-state index < -0.39 is 17.1 Å². The molecule has 1 atom stereocenters. The Morgan fingerprint density at radius 1 is 0.786 bits per heavy atom. The Labute approximate surface area is 263 Å². The molecule has 0 fully saturated rings. The van der Waals surface area contributed by atoms with Crippen LogP contribution in [-0.4, -0.2) is 23.0 Å². The Balaban J connectivity index is 1.50. The third-order valence-electron chi connectivity index (χ3n) is 6.02. The van der Waals surface area contributed by atoms with Gasteiger partial charge in [0.1, 0.15) is 5.70 Å². The number of nitrogens with one attached hydrogen (secondary N) is 3. The number of hydrogen-bond acceptors (Lipinski definition) is 4. The summed E-state index contributed by atoms with van der Waals surface area (Å²) in [6.45, 7) is 3.68. The Hall–Kier alpha value is -3.75. The van der Waals surface area contributed by atoms with Gasteiger partial charge in [-0.1, -0.05) is 77.3 Å². The van der Waals surface area contributed by atoms with Crippen LogP contribution in [0.4, 0.5) is 11.4 Å². The second kappa shape index (κ2) is 14.4. The van der Waals surface area contributed by atoms with Gasteiger partial charge in [-0.15, -0.1) is 11.8 Å². The van der Waals surface area contributed by atoms with Crippen LogP contribution in [-0.2, 0) is 9.59 Å². The fraction of sp³-hybridized carbons (Fsp3) is 0.0938. The summed E-state index contributed by atoms with van der Waals surface area (Å²) in [7, 11) is 0. The van der Waals surface area contributed by atoms with Crippen molar-refractivity contribution in [2.75, 3.05) is 10.6 Å². The third-order valence-corrected chi connectivity index (χ3v) is 8.36. The SMILES string of the molecule is Cc1ccc(NC(=O)C(C)Sc2cccc(NC(=O)/C(=C\c3cccc(Cl)c3Cl)NC(=O)c3ccccc3)c2)cc1Cl. The number of carbonyl (C=O) groups excluding carboxylic acids is 3. The summed E-state index contributed by atoms with van der Waals surface area (Å²) in [4.78, 5) is 39.9. The van der Waals surface area contributed by atoms with Gasteiger partial charge in [0.2, 0.25) is 5.91 Å². The molecule has 3 amide bonds. The molecule has 0 aliphatic heterocycles. The van der Waals surface area contributed by atoms with Crippen molar-refractivity contribution in [1.29, 1.82) is 0 Å². The molecule has 6 nitrogen and oxygen atoms in total. The summed E-state index contributed by atoms with van der Waals surface area (Å²) < 4.78 is 0. The first-order chi connectivity index (χ1) is 20.1. The molecule has 0 bridgehead atoms. The highest BCUT2D eigenvalue weighted by Crippen LogP contribution is 2.29.